The molecule has 0 spiro atoms. The molecular weight excluding hydrogens is 668 g/mol. The van der Waals surface area contributed by atoms with Gasteiger partial charge in [-0.15, -0.1) is 0 Å². The lowest BCUT2D eigenvalue weighted by Crippen LogP contribution is -2.43. The second kappa shape index (κ2) is 13.1. The zero-order valence-electron chi connectivity index (χ0n) is 20.8. The molecule has 13 heteroatoms. The minimum absolute atomic E-state index is 0.0121. The van der Waals surface area contributed by atoms with Crippen molar-refractivity contribution in [3.63, 3.8) is 0 Å². The van der Waals surface area contributed by atoms with Gasteiger partial charge in [-0.3, -0.25) is 0 Å². The van der Waals surface area contributed by atoms with Crippen LogP contribution < -0.4 is 10.5 Å². The molecule has 2 unspecified atom stereocenters. The van der Waals surface area contributed by atoms with Crippen LogP contribution >= 0.6 is 51.8 Å². The van der Waals surface area contributed by atoms with E-state index in [0.29, 0.717) is 21.9 Å². The van der Waals surface area contributed by atoms with Crippen LogP contribution in [0.5, 0.6) is 6.01 Å². The van der Waals surface area contributed by atoms with Gasteiger partial charge in [-0.2, -0.15) is 25.5 Å². The molecule has 3 heterocycles. The van der Waals surface area contributed by atoms with Crippen LogP contribution in [0.3, 0.4) is 0 Å². The Bertz CT molecular complexity index is 1300. The van der Waals surface area contributed by atoms with Crippen molar-refractivity contribution in [2.75, 3.05) is 25.7 Å². The second-order valence-electron chi connectivity index (χ2n) is 9.01. The number of aromatic nitrogens is 3. The minimum atomic E-state index is -3.34. The van der Waals surface area contributed by atoms with Crippen molar-refractivity contribution in [1.29, 1.82) is 0 Å². The van der Waals surface area contributed by atoms with Crippen LogP contribution in [0.2, 0.25) is 5.02 Å². The van der Waals surface area contributed by atoms with Gasteiger partial charge in [-0.1, -0.05) is 41.9 Å². The summed E-state index contributed by atoms with van der Waals surface area (Å²) in [5.41, 5.74) is 10.8. The molecule has 206 valence electrons. The minimum Gasteiger partial charge on any atom is -0.452 e. The van der Waals surface area contributed by atoms with Crippen molar-refractivity contribution in [2.24, 2.45) is 5.73 Å². The molecule has 2 aliphatic rings. The van der Waals surface area contributed by atoms with Gasteiger partial charge in [-0.25, -0.2) is 9.32 Å². The second-order valence-corrected chi connectivity index (χ2v) is 12.3. The summed E-state index contributed by atoms with van der Waals surface area (Å²) >= 11 is 10.4. The topological polar surface area (TPSA) is 95.4 Å². The fraction of sp³-hybridized carbons (Fsp3) is 0.440. The van der Waals surface area contributed by atoms with Gasteiger partial charge >= 0.3 is 11.9 Å². The monoisotopic (exact) mass is 696 g/mol. The Morgan fingerprint density at radius 3 is 2.55 bits per heavy atom. The molecular formula is C25H29ClF2IN4O3PS. The predicted molar refractivity (Wildman–Crippen MR) is 161 cm³/mol. The number of rotatable bonds is 6. The third-order valence-corrected chi connectivity index (χ3v) is 8.65. The highest BCUT2D eigenvalue weighted by Gasteiger charge is 2.55. The lowest BCUT2D eigenvalue weighted by atomic mass is 9.90. The van der Waals surface area contributed by atoms with E-state index in [4.69, 9.17) is 36.9 Å². The van der Waals surface area contributed by atoms with Crippen LogP contribution in [0.15, 0.2) is 36.4 Å². The number of aliphatic hydroxyl groups excluding tert-OH is 1. The lowest BCUT2D eigenvalue weighted by molar-refractivity contribution is -0.118. The van der Waals surface area contributed by atoms with Gasteiger partial charge in [0, 0.05) is 11.6 Å². The number of pyridine rings is 1. The number of allylic oxidation sites excluding steroid dienone is 1. The van der Waals surface area contributed by atoms with E-state index in [-0.39, 0.29) is 25.0 Å². The first-order valence-corrected chi connectivity index (χ1v) is 18.0. The van der Waals surface area contributed by atoms with E-state index in [2.05, 4.69) is 33.1 Å². The number of nitrogens with zero attached hydrogens (tertiary/aromatic N) is 3. The molecule has 0 radical (unpaired) electrons. The number of hydrogen-bond acceptors (Lipinski definition) is 7. The van der Waals surface area contributed by atoms with E-state index in [0.717, 1.165) is 30.4 Å². The summed E-state index contributed by atoms with van der Waals surface area (Å²) in [6.45, 7) is -1.14. The number of benzene rings is 1. The molecule has 0 saturated carbocycles. The first-order valence-electron chi connectivity index (χ1n) is 11.9. The highest BCUT2D eigenvalue weighted by molar-refractivity contribution is 14.2. The van der Waals surface area contributed by atoms with Gasteiger partial charge in [0.05, 0.1) is 30.3 Å². The quantitative estimate of drug-likeness (QED) is 0.235. The molecule has 1 aromatic carbocycles. The van der Waals surface area contributed by atoms with E-state index in [1.54, 1.807) is 22.2 Å². The number of aliphatic hydroxyl groups is 1. The largest absolute Gasteiger partial charge is 0.452 e. The molecule has 1 saturated heterocycles. The number of halogens is 4. The molecule has 0 bridgehead atoms. The molecule has 1 fully saturated rings. The number of ether oxygens (including phenoxy) is 2. The number of thioether (sulfide) groups is 1. The first-order chi connectivity index (χ1) is 18.2. The van der Waals surface area contributed by atoms with Gasteiger partial charge < -0.3 is 20.3 Å². The molecule has 7 nitrogen and oxygen atoms in total. The Morgan fingerprint density at radius 1 is 1.29 bits per heavy atom. The number of nitrogens with two attached hydrogens (primary N) is 1. The third-order valence-electron chi connectivity index (χ3n) is 6.34. The van der Waals surface area contributed by atoms with Crippen molar-refractivity contribution in [2.45, 2.75) is 43.4 Å². The lowest BCUT2D eigenvalue weighted by Gasteiger charge is -2.21. The Hall–Kier alpha value is -1.08. The van der Waals surface area contributed by atoms with Crippen LogP contribution in [0, 0.1) is 0 Å². The summed E-state index contributed by atoms with van der Waals surface area (Å²) in [5, 5.41) is 9.56. The van der Waals surface area contributed by atoms with Gasteiger partial charge in [0.2, 0.25) is 0 Å². The molecule has 3 N–H and O–H groups in total. The van der Waals surface area contributed by atoms with E-state index in [9.17, 15) is 8.78 Å². The summed E-state index contributed by atoms with van der Waals surface area (Å²) < 4.78 is 41.2. The highest BCUT2D eigenvalue weighted by atomic mass is 127. The van der Waals surface area contributed by atoms with Crippen LogP contribution in [-0.2, 0) is 4.74 Å². The van der Waals surface area contributed by atoms with E-state index in [1.807, 2.05) is 36.8 Å². The Morgan fingerprint density at radius 2 is 1.97 bits per heavy atom. The first kappa shape index (κ1) is 29.9. The van der Waals surface area contributed by atoms with Crippen molar-refractivity contribution in [3.05, 3.63) is 47.0 Å². The van der Waals surface area contributed by atoms with Gasteiger partial charge in [0.15, 0.2) is 11.8 Å². The Balaban J connectivity index is 0.00000107. The summed E-state index contributed by atoms with van der Waals surface area (Å²) in [4.78, 5) is 9.10. The number of alkyl halides is 2. The average Bonchev–Trinajstić information content (AvgIpc) is 3.39. The molecule has 3 aromatic rings. The summed E-state index contributed by atoms with van der Waals surface area (Å²) in [7, 11) is 0. The van der Waals surface area contributed by atoms with Gasteiger partial charge in [0.1, 0.15) is 11.6 Å². The van der Waals surface area contributed by atoms with Crippen LogP contribution in [-0.4, -0.2) is 69.3 Å². The van der Waals surface area contributed by atoms with Crippen molar-refractivity contribution in [3.8, 4) is 17.3 Å². The van der Waals surface area contributed by atoms with E-state index < -0.39 is 24.7 Å². The summed E-state index contributed by atoms with van der Waals surface area (Å²) in [5.74, 6) is -3.34. The average molecular weight is 697 g/mol. The van der Waals surface area contributed by atoms with Gasteiger partial charge in [0.25, 0.3) is 0 Å². The smallest absolute Gasteiger partial charge is 0.314 e. The third kappa shape index (κ3) is 6.29. The van der Waals surface area contributed by atoms with Gasteiger partial charge in [-0.05, 0) is 71.0 Å². The fourth-order valence-corrected chi connectivity index (χ4v) is 6.30. The Kier molecular flexibility index (Phi) is 10.3. The zero-order chi connectivity index (χ0) is 27.4. The molecule has 38 heavy (non-hydrogen) atoms. The summed E-state index contributed by atoms with van der Waals surface area (Å²) in [6.07, 6.45) is 6.02. The van der Waals surface area contributed by atoms with Crippen LogP contribution in [0.25, 0.3) is 28.0 Å². The SMILES string of the molecule is CSC.NC1CC=C(c2ccc(-c3nc4c(cc3Cl)nc(O[C@@H]3CO[C@H](CO)C3(F)F)n4PI)cc2)CC1. The van der Waals surface area contributed by atoms with Crippen molar-refractivity contribution < 1.29 is 23.4 Å². The van der Waals surface area contributed by atoms with Crippen molar-refractivity contribution >= 4 is 68.5 Å². The molecule has 2 aromatic heterocycles. The van der Waals surface area contributed by atoms with E-state index >= 15 is 0 Å². The highest BCUT2D eigenvalue weighted by Crippen LogP contribution is 2.40. The predicted octanol–water partition coefficient (Wildman–Crippen LogP) is 6.19. The zero-order valence-corrected chi connectivity index (χ0v) is 25.6. The Labute approximate surface area is 244 Å². The van der Waals surface area contributed by atoms with E-state index in [1.165, 1.54) is 5.57 Å². The molecule has 5 rings (SSSR count). The number of imidazole rings is 1. The van der Waals surface area contributed by atoms with Crippen LogP contribution in [0.4, 0.5) is 8.78 Å². The molecule has 1 aliphatic carbocycles. The van der Waals surface area contributed by atoms with Crippen molar-refractivity contribution in [1.82, 2.24) is 14.3 Å². The number of fused-ring (bicyclic) bond motifs is 1. The summed E-state index contributed by atoms with van der Waals surface area (Å²) in [6, 6.07) is 9.95. The fourth-order valence-electron chi connectivity index (χ4n) is 4.32. The standard InChI is InChI=1S/C23H23ClF2IN4O3P.C2H6S/c24-16-9-17-21(31(35-27)22(29-17)34-19-11-33-18(10-32)23(19,25)26)30-20(16)14-3-1-12(2-4-14)13-5-7-15(28)8-6-13;1-3-2/h1-5,9,15,18-19,32,35H,6-8,10-11,28H2;1-2H3/t15?,18-,19-;/m1./s1. The molecule has 1 aliphatic heterocycles. The van der Waals surface area contributed by atoms with Crippen LogP contribution in [0.1, 0.15) is 24.8 Å². The molecule has 0 amide bonds. The number of hydrogen-bond donors (Lipinski definition) is 2. The molecule has 4 atom stereocenters. The normalized spacial score (nSPS) is 22.9. The maximum absolute atomic E-state index is 14.5. The maximum atomic E-state index is 14.5. The maximum Gasteiger partial charge on any atom is 0.314 e.